The summed E-state index contributed by atoms with van der Waals surface area (Å²) >= 11 is 0. The van der Waals surface area contributed by atoms with E-state index in [0.29, 0.717) is 18.8 Å². The highest BCUT2D eigenvalue weighted by atomic mass is 16.5. The zero-order valence-electron chi connectivity index (χ0n) is 11.8. The van der Waals surface area contributed by atoms with Crippen molar-refractivity contribution in [3.8, 4) is 5.75 Å². The lowest BCUT2D eigenvalue weighted by atomic mass is 10.1. The molecule has 1 saturated carbocycles. The van der Waals surface area contributed by atoms with E-state index in [2.05, 4.69) is 0 Å². The second-order valence-electron chi connectivity index (χ2n) is 5.10. The van der Waals surface area contributed by atoms with Crippen molar-refractivity contribution in [1.29, 1.82) is 0 Å². The summed E-state index contributed by atoms with van der Waals surface area (Å²) in [4.78, 5) is 11.4. The largest absolute Gasteiger partial charge is 0.494 e. The van der Waals surface area contributed by atoms with E-state index in [1.807, 2.05) is 19.1 Å². The summed E-state index contributed by atoms with van der Waals surface area (Å²) in [5.41, 5.74) is 1.68. The lowest BCUT2D eigenvalue weighted by Gasteiger charge is -2.12. The molecule has 0 saturated heterocycles. The number of Topliss-reactive ketones (excluding diaryl/α,β-unsaturated/α-hetero) is 1. The summed E-state index contributed by atoms with van der Waals surface area (Å²) in [6.07, 6.45) is 3.86. The van der Waals surface area contributed by atoms with Crippen molar-refractivity contribution in [3.63, 3.8) is 0 Å². The van der Waals surface area contributed by atoms with Crippen molar-refractivity contribution in [2.75, 3.05) is 13.2 Å². The van der Waals surface area contributed by atoms with Crippen LogP contribution in [0.3, 0.4) is 0 Å². The first-order valence-corrected chi connectivity index (χ1v) is 7.05. The first kappa shape index (κ1) is 14.1. The van der Waals surface area contributed by atoms with Crippen molar-refractivity contribution < 1.29 is 14.3 Å². The van der Waals surface area contributed by atoms with Crippen LogP contribution in [0.4, 0.5) is 0 Å². The summed E-state index contributed by atoms with van der Waals surface area (Å²) in [6, 6.07) is 5.55. The van der Waals surface area contributed by atoms with E-state index in [1.54, 1.807) is 13.0 Å². The number of hydrogen-bond acceptors (Lipinski definition) is 3. The summed E-state index contributed by atoms with van der Waals surface area (Å²) in [7, 11) is 0. The second kappa shape index (κ2) is 6.71. The first-order valence-electron chi connectivity index (χ1n) is 7.05. The second-order valence-corrected chi connectivity index (χ2v) is 5.10. The SMILES string of the molecule is CCOc1ccc(C(C)=O)cc1COCCC1CC1. The molecule has 0 aromatic heterocycles. The highest BCUT2D eigenvalue weighted by molar-refractivity contribution is 5.94. The molecule has 0 radical (unpaired) electrons. The molecule has 1 aromatic carbocycles. The number of carbonyl (C=O) groups is 1. The van der Waals surface area contributed by atoms with Gasteiger partial charge < -0.3 is 9.47 Å². The summed E-state index contributed by atoms with van der Waals surface area (Å²) in [5, 5.41) is 0. The van der Waals surface area contributed by atoms with Gasteiger partial charge in [-0.2, -0.15) is 0 Å². The average Bonchev–Trinajstić information content (AvgIpc) is 3.20. The molecular formula is C16H22O3. The van der Waals surface area contributed by atoms with E-state index in [9.17, 15) is 4.79 Å². The molecule has 0 unspecified atom stereocenters. The highest BCUT2D eigenvalue weighted by Crippen LogP contribution is 2.32. The molecule has 0 N–H and O–H groups in total. The lowest BCUT2D eigenvalue weighted by molar-refractivity contribution is 0.101. The Hall–Kier alpha value is -1.35. The summed E-state index contributed by atoms with van der Waals surface area (Å²) in [5.74, 6) is 1.77. The van der Waals surface area contributed by atoms with Crippen LogP contribution in [-0.2, 0) is 11.3 Å². The number of ether oxygens (including phenoxy) is 2. The third-order valence-corrected chi connectivity index (χ3v) is 3.39. The molecule has 2 rings (SSSR count). The smallest absolute Gasteiger partial charge is 0.159 e. The molecule has 1 aliphatic rings. The van der Waals surface area contributed by atoms with E-state index in [0.717, 1.165) is 30.3 Å². The molecule has 0 bridgehead atoms. The van der Waals surface area contributed by atoms with Crippen LogP contribution >= 0.6 is 0 Å². The average molecular weight is 262 g/mol. The summed E-state index contributed by atoms with van der Waals surface area (Å²) < 4.78 is 11.3. The van der Waals surface area contributed by atoms with Gasteiger partial charge in [0.1, 0.15) is 5.75 Å². The van der Waals surface area contributed by atoms with Crippen LogP contribution in [0.5, 0.6) is 5.75 Å². The van der Waals surface area contributed by atoms with Gasteiger partial charge in [0.2, 0.25) is 0 Å². The van der Waals surface area contributed by atoms with Gasteiger partial charge in [-0.1, -0.05) is 12.8 Å². The number of carbonyl (C=O) groups excluding carboxylic acids is 1. The van der Waals surface area contributed by atoms with Crippen LogP contribution in [0.2, 0.25) is 0 Å². The minimum Gasteiger partial charge on any atom is -0.494 e. The highest BCUT2D eigenvalue weighted by Gasteiger charge is 2.20. The monoisotopic (exact) mass is 262 g/mol. The Morgan fingerprint density at radius 1 is 1.37 bits per heavy atom. The number of ketones is 1. The topological polar surface area (TPSA) is 35.5 Å². The predicted octanol–water partition coefficient (Wildman–Crippen LogP) is 3.60. The lowest BCUT2D eigenvalue weighted by Crippen LogP contribution is -2.03. The molecule has 104 valence electrons. The maximum absolute atomic E-state index is 11.4. The Kier molecular flexibility index (Phi) is 4.97. The van der Waals surface area contributed by atoms with Crippen LogP contribution in [0, 0.1) is 5.92 Å². The van der Waals surface area contributed by atoms with Gasteiger partial charge in [0.15, 0.2) is 5.78 Å². The van der Waals surface area contributed by atoms with E-state index in [1.165, 1.54) is 12.8 Å². The van der Waals surface area contributed by atoms with Gasteiger partial charge >= 0.3 is 0 Å². The molecule has 19 heavy (non-hydrogen) atoms. The van der Waals surface area contributed by atoms with Gasteiger partial charge in [-0.3, -0.25) is 4.79 Å². The molecule has 0 amide bonds. The first-order chi connectivity index (χ1) is 9.20. The minimum absolute atomic E-state index is 0.0716. The van der Waals surface area contributed by atoms with E-state index < -0.39 is 0 Å². The van der Waals surface area contributed by atoms with Crippen LogP contribution < -0.4 is 4.74 Å². The van der Waals surface area contributed by atoms with Crippen molar-refractivity contribution in [1.82, 2.24) is 0 Å². The van der Waals surface area contributed by atoms with Crippen molar-refractivity contribution in [3.05, 3.63) is 29.3 Å². The van der Waals surface area contributed by atoms with Crippen molar-refractivity contribution in [2.24, 2.45) is 5.92 Å². The fourth-order valence-corrected chi connectivity index (χ4v) is 2.05. The van der Waals surface area contributed by atoms with Gasteiger partial charge in [0.25, 0.3) is 0 Å². The van der Waals surface area contributed by atoms with Crippen LogP contribution in [0.1, 0.15) is 49.0 Å². The molecule has 0 heterocycles. The number of hydrogen-bond donors (Lipinski definition) is 0. The van der Waals surface area contributed by atoms with Gasteiger partial charge in [-0.25, -0.2) is 0 Å². The van der Waals surface area contributed by atoms with E-state index in [4.69, 9.17) is 9.47 Å². The van der Waals surface area contributed by atoms with Crippen LogP contribution in [0.15, 0.2) is 18.2 Å². The van der Waals surface area contributed by atoms with E-state index in [-0.39, 0.29) is 5.78 Å². The third-order valence-electron chi connectivity index (χ3n) is 3.39. The molecular weight excluding hydrogens is 240 g/mol. The molecule has 3 heteroatoms. The maximum Gasteiger partial charge on any atom is 0.159 e. The fourth-order valence-electron chi connectivity index (χ4n) is 2.05. The van der Waals surface area contributed by atoms with Crippen molar-refractivity contribution in [2.45, 2.75) is 39.7 Å². The minimum atomic E-state index is 0.0716. The fraction of sp³-hybridized carbons (Fsp3) is 0.562. The Bertz CT molecular complexity index is 436. The van der Waals surface area contributed by atoms with Gasteiger partial charge in [0, 0.05) is 17.7 Å². The molecule has 1 fully saturated rings. The molecule has 1 aliphatic carbocycles. The summed E-state index contributed by atoms with van der Waals surface area (Å²) in [6.45, 7) is 5.46. The Morgan fingerprint density at radius 3 is 2.79 bits per heavy atom. The van der Waals surface area contributed by atoms with Gasteiger partial charge in [0.05, 0.1) is 13.2 Å². The molecule has 0 atom stereocenters. The quantitative estimate of drug-likeness (QED) is 0.530. The molecule has 0 aliphatic heterocycles. The normalized spacial score (nSPS) is 14.4. The Balaban J connectivity index is 1.96. The Labute approximate surface area is 114 Å². The third kappa shape index (κ3) is 4.35. The number of benzene rings is 1. The van der Waals surface area contributed by atoms with Crippen molar-refractivity contribution >= 4 is 5.78 Å². The van der Waals surface area contributed by atoms with Crippen LogP contribution in [-0.4, -0.2) is 19.0 Å². The van der Waals surface area contributed by atoms with Gasteiger partial charge in [-0.15, -0.1) is 0 Å². The molecule has 0 spiro atoms. The number of rotatable bonds is 8. The molecule has 1 aromatic rings. The zero-order chi connectivity index (χ0) is 13.7. The molecule has 3 nitrogen and oxygen atoms in total. The standard InChI is InChI=1S/C16H22O3/c1-3-19-16-7-6-14(12(2)17)10-15(16)11-18-9-8-13-4-5-13/h6-7,10,13H,3-5,8-9,11H2,1-2H3. The van der Waals surface area contributed by atoms with E-state index >= 15 is 0 Å². The Morgan fingerprint density at radius 2 is 2.16 bits per heavy atom. The maximum atomic E-state index is 11.4. The zero-order valence-corrected chi connectivity index (χ0v) is 11.8. The predicted molar refractivity (Wildman–Crippen MR) is 74.6 cm³/mol. The van der Waals surface area contributed by atoms with Gasteiger partial charge in [-0.05, 0) is 44.4 Å². The van der Waals surface area contributed by atoms with Crippen LogP contribution in [0.25, 0.3) is 0 Å².